The van der Waals surface area contributed by atoms with Crippen LogP contribution in [0, 0.1) is 5.92 Å². The van der Waals surface area contributed by atoms with Crippen molar-refractivity contribution < 1.29 is 0 Å². The van der Waals surface area contributed by atoms with Crippen LogP contribution in [0.2, 0.25) is 0 Å². The smallest absolute Gasteiger partial charge is 0.163 e. The van der Waals surface area contributed by atoms with Crippen LogP contribution in [-0.4, -0.2) is 19.5 Å². The predicted octanol–water partition coefficient (Wildman–Crippen LogP) is 11.5. The summed E-state index contributed by atoms with van der Waals surface area (Å²) in [5.41, 5.74) is 10.1. The van der Waals surface area contributed by atoms with E-state index < -0.39 is 0 Å². The molecule has 0 amide bonds. The normalized spacial score (nSPS) is 15.5. The summed E-state index contributed by atoms with van der Waals surface area (Å²) >= 11 is 0. The SMILES string of the molecule is CC1C=CC=CC1c1nc(-c2ccccc2)nc(-c2cccc(-c3cccc4c3c3cc(-c5ccccc5)ccc3n4-c3ccccc3)c2)n1. The monoisotopic (exact) mass is 642 g/mol. The molecule has 4 heteroatoms. The molecule has 0 saturated heterocycles. The summed E-state index contributed by atoms with van der Waals surface area (Å²) in [6.45, 7) is 2.21. The van der Waals surface area contributed by atoms with E-state index >= 15 is 0 Å². The van der Waals surface area contributed by atoms with Crippen molar-refractivity contribution in [2.75, 3.05) is 0 Å². The van der Waals surface area contributed by atoms with Gasteiger partial charge in [-0.2, -0.15) is 0 Å². The molecule has 2 heterocycles. The lowest BCUT2D eigenvalue weighted by Gasteiger charge is -2.20. The van der Waals surface area contributed by atoms with Crippen molar-refractivity contribution in [3.63, 3.8) is 0 Å². The van der Waals surface area contributed by atoms with E-state index in [1.807, 2.05) is 18.2 Å². The number of fused-ring (bicyclic) bond motifs is 3. The second kappa shape index (κ2) is 12.6. The highest BCUT2D eigenvalue weighted by Gasteiger charge is 2.23. The molecular formula is C46H34N4. The fourth-order valence-corrected chi connectivity index (χ4v) is 7.23. The van der Waals surface area contributed by atoms with Crippen molar-refractivity contribution >= 4 is 21.8 Å². The summed E-state index contributed by atoms with van der Waals surface area (Å²) < 4.78 is 2.38. The van der Waals surface area contributed by atoms with Crippen molar-refractivity contribution in [3.8, 4) is 50.7 Å². The quantitative estimate of drug-likeness (QED) is 0.181. The van der Waals surface area contributed by atoms with Crippen LogP contribution in [0.25, 0.3) is 72.5 Å². The Morgan fingerprint density at radius 2 is 1.12 bits per heavy atom. The van der Waals surface area contributed by atoms with Gasteiger partial charge in [-0.3, -0.25) is 0 Å². The summed E-state index contributed by atoms with van der Waals surface area (Å²) in [6, 6.07) is 53.6. The molecule has 9 rings (SSSR count). The molecule has 0 aliphatic heterocycles. The number of allylic oxidation sites excluding steroid dienone is 4. The second-order valence-electron chi connectivity index (χ2n) is 12.9. The lowest BCUT2D eigenvalue weighted by atomic mass is 9.89. The second-order valence-corrected chi connectivity index (χ2v) is 12.9. The fraction of sp³-hybridized carbons (Fsp3) is 0.0652. The molecule has 2 aromatic heterocycles. The molecule has 0 spiro atoms. The standard InChI is InChI=1S/C46H34N4/c1-31-15-11-12-24-38(31)46-48-44(33-18-7-3-8-19-33)47-45(49-46)36-21-13-20-35(29-36)39-25-14-26-42-43(39)40-30-34(32-16-5-2-6-17-32)27-28-41(40)50(42)37-22-9-4-10-23-37/h2-31,38H,1H3. The summed E-state index contributed by atoms with van der Waals surface area (Å²) in [6.07, 6.45) is 8.60. The van der Waals surface area contributed by atoms with Gasteiger partial charge in [0.05, 0.1) is 11.0 Å². The van der Waals surface area contributed by atoms with E-state index in [0.29, 0.717) is 11.6 Å². The zero-order valence-corrected chi connectivity index (χ0v) is 27.7. The third-order valence-corrected chi connectivity index (χ3v) is 9.74. The first kappa shape index (κ1) is 29.7. The average Bonchev–Trinajstić information content (AvgIpc) is 3.53. The van der Waals surface area contributed by atoms with Gasteiger partial charge in [-0.15, -0.1) is 0 Å². The van der Waals surface area contributed by atoms with E-state index in [1.54, 1.807) is 0 Å². The van der Waals surface area contributed by atoms with Gasteiger partial charge in [0.25, 0.3) is 0 Å². The van der Waals surface area contributed by atoms with Crippen LogP contribution in [0.4, 0.5) is 0 Å². The van der Waals surface area contributed by atoms with Crippen LogP contribution < -0.4 is 0 Å². The summed E-state index contributed by atoms with van der Waals surface area (Å²) in [5.74, 6) is 2.51. The number of benzene rings is 6. The molecule has 8 aromatic rings. The van der Waals surface area contributed by atoms with Crippen LogP contribution in [0.15, 0.2) is 176 Å². The van der Waals surface area contributed by atoms with Gasteiger partial charge in [-0.05, 0) is 64.6 Å². The molecule has 0 N–H and O–H groups in total. The predicted molar refractivity (Wildman–Crippen MR) is 206 cm³/mol. The third-order valence-electron chi connectivity index (χ3n) is 9.74. The van der Waals surface area contributed by atoms with E-state index in [0.717, 1.165) is 28.2 Å². The van der Waals surface area contributed by atoms with Crippen molar-refractivity contribution in [1.29, 1.82) is 0 Å². The lowest BCUT2D eigenvalue weighted by Crippen LogP contribution is -2.13. The molecule has 0 saturated carbocycles. The molecule has 2 unspecified atom stereocenters. The highest BCUT2D eigenvalue weighted by atomic mass is 15.0. The number of hydrogen-bond donors (Lipinski definition) is 0. The van der Waals surface area contributed by atoms with Crippen LogP contribution in [0.1, 0.15) is 18.7 Å². The maximum absolute atomic E-state index is 5.13. The van der Waals surface area contributed by atoms with Crippen molar-refractivity contribution in [1.82, 2.24) is 19.5 Å². The Kier molecular flexibility index (Phi) is 7.47. The maximum atomic E-state index is 5.13. The Morgan fingerprint density at radius 1 is 0.480 bits per heavy atom. The third kappa shape index (κ3) is 5.32. The zero-order chi connectivity index (χ0) is 33.4. The Morgan fingerprint density at radius 3 is 1.88 bits per heavy atom. The summed E-state index contributed by atoms with van der Waals surface area (Å²) in [7, 11) is 0. The minimum Gasteiger partial charge on any atom is -0.309 e. The van der Waals surface area contributed by atoms with Gasteiger partial charge in [0.1, 0.15) is 5.82 Å². The molecule has 2 atom stereocenters. The van der Waals surface area contributed by atoms with E-state index in [9.17, 15) is 0 Å². The molecule has 0 fully saturated rings. The highest BCUT2D eigenvalue weighted by molar-refractivity contribution is 6.16. The molecular weight excluding hydrogens is 609 g/mol. The van der Waals surface area contributed by atoms with Crippen molar-refractivity contribution in [3.05, 3.63) is 182 Å². The molecule has 1 aliphatic carbocycles. The lowest BCUT2D eigenvalue weighted by molar-refractivity contribution is 0.600. The van der Waals surface area contributed by atoms with Crippen molar-refractivity contribution in [2.45, 2.75) is 12.8 Å². The Bertz CT molecular complexity index is 2550. The first-order valence-electron chi connectivity index (χ1n) is 17.2. The van der Waals surface area contributed by atoms with Crippen molar-refractivity contribution in [2.24, 2.45) is 5.92 Å². The molecule has 0 bridgehead atoms. The largest absolute Gasteiger partial charge is 0.309 e. The van der Waals surface area contributed by atoms with Gasteiger partial charge >= 0.3 is 0 Å². The molecule has 4 nitrogen and oxygen atoms in total. The zero-order valence-electron chi connectivity index (χ0n) is 27.7. The molecule has 238 valence electrons. The number of hydrogen-bond acceptors (Lipinski definition) is 3. The first-order chi connectivity index (χ1) is 24.7. The number of rotatable bonds is 6. The summed E-state index contributed by atoms with van der Waals surface area (Å²) in [4.78, 5) is 15.2. The van der Waals surface area contributed by atoms with E-state index in [1.165, 1.54) is 38.5 Å². The van der Waals surface area contributed by atoms with Gasteiger partial charge in [-0.1, -0.05) is 146 Å². The molecule has 6 aromatic carbocycles. The van der Waals surface area contributed by atoms with Crippen LogP contribution in [0.5, 0.6) is 0 Å². The topological polar surface area (TPSA) is 43.6 Å². The van der Waals surface area contributed by atoms with Gasteiger partial charge < -0.3 is 4.57 Å². The number of nitrogens with zero attached hydrogens (tertiary/aromatic N) is 4. The Balaban J connectivity index is 1.25. The van der Waals surface area contributed by atoms with Crippen LogP contribution in [-0.2, 0) is 0 Å². The summed E-state index contributed by atoms with van der Waals surface area (Å²) in [5, 5.41) is 2.43. The van der Waals surface area contributed by atoms with E-state index in [2.05, 4.69) is 169 Å². The average molecular weight is 643 g/mol. The molecule has 0 radical (unpaired) electrons. The minimum absolute atomic E-state index is 0.0732. The van der Waals surface area contributed by atoms with Gasteiger partial charge in [0.15, 0.2) is 11.6 Å². The number of aromatic nitrogens is 4. The van der Waals surface area contributed by atoms with Gasteiger partial charge in [-0.25, -0.2) is 15.0 Å². The fourth-order valence-electron chi connectivity index (χ4n) is 7.23. The highest BCUT2D eigenvalue weighted by Crippen LogP contribution is 2.41. The molecule has 1 aliphatic rings. The Hall–Kier alpha value is -6.39. The number of para-hydroxylation sites is 1. The maximum Gasteiger partial charge on any atom is 0.163 e. The van der Waals surface area contributed by atoms with E-state index in [-0.39, 0.29) is 11.8 Å². The van der Waals surface area contributed by atoms with Crippen LogP contribution in [0.3, 0.4) is 0 Å². The van der Waals surface area contributed by atoms with Gasteiger partial charge in [0, 0.05) is 33.5 Å². The van der Waals surface area contributed by atoms with Gasteiger partial charge in [0.2, 0.25) is 0 Å². The Labute approximate surface area is 291 Å². The first-order valence-corrected chi connectivity index (χ1v) is 17.2. The van der Waals surface area contributed by atoms with Crippen LogP contribution >= 0.6 is 0 Å². The minimum atomic E-state index is 0.0732. The van der Waals surface area contributed by atoms with E-state index in [4.69, 9.17) is 15.0 Å². The molecule has 50 heavy (non-hydrogen) atoms.